The lowest BCUT2D eigenvalue weighted by molar-refractivity contribution is -0.490. The van der Waals surface area contributed by atoms with E-state index in [0.29, 0.717) is 19.6 Å². The van der Waals surface area contributed by atoms with E-state index < -0.39 is 5.79 Å². The lowest BCUT2D eigenvalue weighted by Gasteiger charge is -2.34. The Hall–Kier alpha value is -0.680. The van der Waals surface area contributed by atoms with E-state index in [1.807, 2.05) is 0 Å². The van der Waals surface area contributed by atoms with Crippen LogP contribution in [0.25, 0.3) is 0 Å². The van der Waals surface area contributed by atoms with Gasteiger partial charge >= 0.3 is 0 Å². The lowest BCUT2D eigenvalue weighted by atomic mass is 9.85. The molecule has 0 unspecified atom stereocenters. The fourth-order valence-corrected chi connectivity index (χ4v) is 2.43. The largest absolute Gasteiger partial charge is 0.348 e. The maximum atomic E-state index is 10.4. The van der Waals surface area contributed by atoms with Gasteiger partial charge in [0.15, 0.2) is 5.79 Å². The van der Waals surface area contributed by atoms with E-state index in [4.69, 9.17) is 9.47 Å². The van der Waals surface area contributed by atoms with Crippen LogP contribution in [0.15, 0.2) is 0 Å². The Labute approximate surface area is 82.5 Å². The Morgan fingerprint density at radius 3 is 2.79 bits per heavy atom. The first-order chi connectivity index (χ1) is 6.70. The van der Waals surface area contributed by atoms with Crippen molar-refractivity contribution in [3.8, 4) is 0 Å². The molecule has 14 heavy (non-hydrogen) atoms. The van der Waals surface area contributed by atoms with Gasteiger partial charge in [0.1, 0.15) is 0 Å². The molecule has 1 aliphatic carbocycles. The molecule has 80 valence electrons. The Morgan fingerprint density at radius 1 is 1.43 bits per heavy atom. The summed E-state index contributed by atoms with van der Waals surface area (Å²) >= 11 is 0. The van der Waals surface area contributed by atoms with Crippen molar-refractivity contribution in [2.24, 2.45) is 5.92 Å². The third kappa shape index (κ3) is 2.04. The SMILES string of the molecule is O=[N+]([O-])C[C@@H]1CCCC2(C1)OCCO2. The Bertz CT molecular complexity index is 225. The van der Waals surface area contributed by atoms with Crippen LogP contribution in [0.3, 0.4) is 0 Å². The van der Waals surface area contributed by atoms with Gasteiger partial charge in [-0.1, -0.05) is 0 Å². The minimum Gasteiger partial charge on any atom is -0.348 e. The van der Waals surface area contributed by atoms with E-state index >= 15 is 0 Å². The van der Waals surface area contributed by atoms with Gasteiger partial charge in [-0.3, -0.25) is 10.1 Å². The van der Waals surface area contributed by atoms with E-state index in [-0.39, 0.29) is 17.4 Å². The molecule has 2 fully saturated rings. The minimum absolute atomic E-state index is 0.0501. The summed E-state index contributed by atoms with van der Waals surface area (Å²) in [5.74, 6) is -0.351. The number of nitro groups is 1. The van der Waals surface area contributed by atoms with Crippen molar-refractivity contribution in [3.05, 3.63) is 10.1 Å². The van der Waals surface area contributed by atoms with Gasteiger partial charge in [-0.2, -0.15) is 0 Å². The highest BCUT2D eigenvalue weighted by atomic mass is 16.7. The third-order valence-corrected chi connectivity index (χ3v) is 2.99. The number of hydrogen-bond donors (Lipinski definition) is 0. The van der Waals surface area contributed by atoms with Crippen molar-refractivity contribution in [3.63, 3.8) is 0 Å². The zero-order chi connectivity index (χ0) is 10.0. The predicted octanol–water partition coefficient (Wildman–Crippen LogP) is 1.20. The van der Waals surface area contributed by atoms with Gasteiger partial charge in [0, 0.05) is 23.7 Å². The van der Waals surface area contributed by atoms with Crippen LogP contribution in [0, 0.1) is 16.0 Å². The predicted molar refractivity (Wildman–Crippen MR) is 48.5 cm³/mol. The molecule has 5 heteroatoms. The highest BCUT2D eigenvalue weighted by molar-refractivity contribution is 4.82. The van der Waals surface area contributed by atoms with Crippen molar-refractivity contribution >= 4 is 0 Å². The summed E-state index contributed by atoms with van der Waals surface area (Å²) in [7, 11) is 0. The fourth-order valence-electron chi connectivity index (χ4n) is 2.43. The summed E-state index contributed by atoms with van der Waals surface area (Å²) in [4.78, 5) is 10.2. The average molecular weight is 201 g/mol. The zero-order valence-corrected chi connectivity index (χ0v) is 8.11. The number of nitrogens with zero attached hydrogens (tertiary/aromatic N) is 1. The fraction of sp³-hybridized carbons (Fsp3) is 1.00. The van der Waals surface area contributed by atoms with Crippen LogP contribution < -0.4 is 0 Å². The molecule has 0 aromatic heterocycles. The Morgan fingerprint density at radius 2 is 2.14 bits per heavy atom. The minimum atomic E-state index is -0.473. The maximum absolute atomic E-state index is 10.4. The topological polar surface area (TPSA) is 61.6 Å². The molecule has 5 nitrogen and oxygen atoms in total. The van der Waals surface area contributed by atoms with E-state index in [2.05, 4.69) is 0 Å². The van der Waals surface area contributed by atoms with Crippen LogP contribution in [0.5, 0.6) is 0 Å². The van der Waals surface area contributed by atoms with Crippen molar-refractivity contribution in [2.75, 3.05) is 19.8 Å². The van der Waals surface area contributed by atoms with Gasteiger partial charge in [-0.25, -0.2) is 0 Å². The van der Waals surface area contributed by atoms with Crippen molar-refractivity contribution in [1.82, 2.24) is 0 Å². The van der Waals surface area contributed by atoms with E-state index in [9.17, 15) is 10.1 Å². The van der Waals surface area contributed by atoms with E-state index in [1.54, 1.807) is 0 Å². The van der Waals surface area contributed by atoms with Crippen molar-refractivity contribution < 1.29 is 14.4 Å². The first-order valence-electron chi connectivity index (χ1n) is 5.10. The number of rotatable bonds is 2. The molecule has 1 heterocycles. The molecule has 0 aromatic carbocycles. The van der Waals surface area contributed by atoms with Crippen LogP contribution in [-0.2, 0) is 9.47 Å². The molecule has 0 amide bonds. The molecular formula is C9H15NO4. The van der Waals surface area contributed by atoms with Gasteiger partial charge in [-0.15, -0.1) is 0 Å². The Balaban J connectivity index is 1.93. The molecule has 2 rings (SSSR count). The number of hydrogen-bond acceptors (Lipinski definition) is 4. The van der Waals surface area contributed by atoms with Crippen LogP contribution in [0.4, 0.5) is 0 Å². The van der Waals surface area contributed by atoms with Crippen LogP contribution in [0.1, 0.15) is 25.7 Å². The summed E-state index contributed by atoms with van der Waals surface area (Å²) in [6, 6.07) is 0. The monoisotopic (exact) mass is 201 g/mol. The zero-order valence-electron chi connectivity index (χ0n) is 8.11. The number of ether oxygens (including phenoxy) is 2. The van der Waals surface area contributed by atoms with Crippen molar-refractivity contribution in [2.45, 2.75) is 31.5 Å². The molecule has 0 radical (unpaired) electrons. The summed E-state index contributed by atoms with van der Waals surface area (Å²) in [6.45, 7) is 1.31. The van der Waals surface area contributed by atoms with Gasteiger partial charge < -0.3 is 9.47 Å². The summed E-state index contributed by atoms with van der Waals surface area (Å²) in [6.07, 6.45) is 3.48. The van der Waals surface area contributed by atoms with Gasteiger partial charge in [0.25, 0.3) is 0 Å². The lowest BCUT2D eigenvalue weighted by Crippen LogP contribution is -2.38. The quantitative estimate of drug-likeness (QED) is 0.497. The molecule has 1 saturated carbocycles. The molecule has 0 aromatic rings. The molecule has 0 bridgehead atoms. The molecule has 1 atom stereocenters. The van der Waals surface area contributed by atoms with Gasteiger partial charge in [0.05, 0.1) is 13.2 Å². The highest BCUT2D eigenvalue weighted by Crippen LogP contribution is 2.38. The first-order valence-corrected chi connectivity index (χ1v) is 5.10. The van der Waals surface area contributed by atoms with E-state index in [1.165, 1.54) is 0 Å². The molecule has 1 saturated heterocycles. The molecule has 0 N–H and O–H groups in total. The van der Waals surface area contributed by atoms with Crippen LogP contribution in [0.2, 0.25) is 0 Å². The van der Waals surface area contributed by atoms with Crippen molar-refractivity contribution in [1.29, 1.82) is 0 Å². The third-order valence-electron chi connectivity index (χ3n) is 2.99. The van der Waals surface area contributed by atoms with Crippen LogP contribution in [-0.4, -0.2) is 30.5 Å². The van der Waals surface area contributed by atoms with Gasteiger partial charge in [0.2, 0.25) is 6.54 Å². The summed E-state index contributed by atoms with van der Waals surface area (Å²) < 4.78 is 11.1. The molecular weight excluding hydrogens is 186 g/mol. The molecule has 1 aliphatic heterocycles. The van der Waals surface area contributed by atoms with E-state index in [0.717, 1.165) is 19.3 Å². The second kappa shape index (κ2) is 3.82. The maximum Gasteiger partial charge on any atom is 0.206 e. The first kappa shape index (κ1) is 9.86. The second-order valence-electron chi connectivity index (χ2n) is 4.09. The summed E-state index contributed by atoms with van der Waals surface area (Å²) in [5.41, 5.74) is 0. The van der Waals surface area contributed by atoms with Gasteiger partial charge in [-0.05, 0) is 12.8 Å². The smallest absolute Gasteiger partial charge is 0.206 e. The molecule has 1 spiro atoms. The summed E-state index contributed by atoms with van der Waals surface area (Å²) in [5, 5.41) is 10.4. The Kier molecular flexibility index (Phi) is 2.69. The molecule has 2 aliphatic rings. The highest BCUT2D eigenvalue weighted by Gasteiger charge is 2.42. The standard InChI is InChI=1S/C9H15NO4/c11-10(12)7-8-2-1-3-9(6-8)13-4-5-14-9/h8H,1-7H2/t8-/m1/s1. The van der Waals surface area contributed by atoms with Crippen LogP contribution >= 0.6 is 0 Å². The average Bonchev–Trinajstić information content (AvgIpc) is 2.52. The second-order valence-corrected chi connectivity index (χ2v) is 4.09. The normalized spacial score (nSPS) is 30.7.